The molecule has 3 N–H and O–H groups in total. The zero-order chi connectivity index (χ0) is 19.6. The zero-order valence-electron chi connectivity index (χ0n) is 16.5. The summed E-state index contributed by atoms with van der Waals surface area (Å²) in [5.41, 5.74) is 3.06. The molecule has 0 aliphatic rings. The zero-order valence-corrected chi connectivity index (χ0v) is 17.4. The quantitative estimate of drug-likeness (QED) is 0.361. The lowest BCUT2D eigenvalue weighted by molar-refractivity contribution is 0.213. The molecule has 0 aliphatic carbocycles. The van der Waals surface area contributed by atoms with Gasteiger partial charge in [0, 0.05) is 0 Å². The molecule has 0 aromatic rings. The van der Waals surface area contributed by atoms with Crippen LogP contribution in [-0.2, 0) is 4.57 Å². The van der Waals surface area contributed by atoms with Gasteiger partial charge in [0.2, 0.25) is 0 Å². The predicted molar refractivity (Wildman–Crippen MR) is 107 cm³/mol. The second kappa shape index (κ2) is 11.6. The Hall–Kier alpha value is -0.930. The Morgan fingerprint density at radius 3 is 1.60 bits per heavy atom. The molecule has 0 heterocycles. The molecule has 2 atom stereocenters. The molecule has 0 aromatic heterocycles. The molecule has 0 saturated carbocycles. The summed E-state index contributed by atoms with van der Waals surface area (Å²) < 4.78 is 11.8. The Labute approximate surface area is 153 Å². The van der Waals surface area contributed by atoms with Gasteiger partial charge in [-0.1, -0.05) is 46.6 Å². The Morgan fingerprint density at radius 2 is 1.24 bits per heavy atom. The highest BCUT2D eigenvalue weighted by Crippen LogP contribution is 2.44. The third-order valence-electron chi connectivity index (χ3n) is 3.83. The molecular formula is C20H35O4P. The van der Waals surface area contributed by atoms with Crippen molar-refractivity contribution < 1.29 is 19.5 Å². The van der Waals surface area contributed by atoms with Crippen molar-refractivity contribution in [3.63, 3.8) is 0 Å². The van der Waals surface area contributed by atoms with Gasteiger partial charge in [0.05, 0.1) is 6.10 Å². The molecule has 0 amide bonds. The Kier molecular flexibility index (Phi) is 11.2. The Morgan fingerprint density at radius 1 is 0.840 bits per heavy atom. The summed E-state index contributed by atoms with van der Waals surface area (Å²) in [5.74, 6) is 0. The highest BCUT2D eigenvalue weighted by atomic mass is 31.2. The van der Waals surface area contributed by atoms with Crippen LogP contribution >= 0.6 is 7.60 Å². The van der Waals surface area contributed by atoms with Crippen LogP contribution < -0.4 is 0 Å². The van der Waals surface area contributed by atoms with Gasteiger partial charge in [0.15, 0.2) is 0 Å². The van der Waals surface area contributed by atoms with Crippen molar-refractivity contribution >= 4 is 7.60 Å². The fraction of sp³-hybridized carbons (Fsp3) is 0.600. The van der Waals surface area contributed by atoms with Crippen LogP contribution in [0.5, 0.6) is 0 Å². The SMILES string of the molecule is CC(C)=CCC/C(C)=C/C(O)C(/C=C(\C)CCC=C(C)C)P(=O)(O)O. The summed E-state index contributed by atoms with van der Waals surface area (Å²) >= 11 is 0. The number of rotatable bonds is 10. The van der Waals surface area contributed by atoms with Crippen LogP contribution in [0, 0.1) is 0 Å². The van der Waals surface area contributed by atoms with Crippen LogP contribution in [0.15, 0.2) is 46.6 Å². The van der Waals surface area contributed by atoms with Gasteiger partial charge in [-0.2, -0.15) is 0 Å². The van der Waals surface area contributed by atoms with E-state index in [1.807, 2.05) is 41.5 Å². The minimum Gasteiger partial charge on any atom is -0.388 e. The van der Waals surface area contributed by atoms with Crippen LogP contribution in [0.4, 0.5) is 0 Å². The topological polar surface area (TPSA) is 77.8 Å². The summed E-state index contributed by atoms with van der Waals surface area (Å²) in [6, 6.07) is 0. The van der Waals surface area contributed by atoms with Crippen LogP contribution in [0.1, 0.15) is 67.2 Å². The van der Waals surface area contributed by atoms with E-state index in [0.717, 1.165) is 36.8 Å². The van der Waals surface area contributed by atoms with E-state index in [-0.39, 0.29) is 0 Å². The lowest BCUT2D eigenvalue weighted by Gasteiger charge is -2.20. The van der Waals surface area contributed by atoms with E-state index >= 15 is 0 Å². The smallest absolute Gasteiger partial charge is 0.335 e. The molecule has 0 spiro atoms. The first-order valence-corrected chi connectivity index (χ1v) is 10.5. The van der Waals surface area contributed by atoms with Crippen LogP contribution in [0.25, 0.3) is 0 Å². The highest BCUT2D eigenvalue weighted by Gasteiger charge is 2.32. The maximum atomic E-state index is 11.8. The van der Waals surface area contributed by atoms with Gasteiger partial charge in [-0.05, 0) is 67.2 Å². The molecule has 0 saturated heterocycles. The Balaban J connectivity index is 5.11. The van der Waals surface area contributed by atoms with Gasteiger partial charge in [-0.3, -0.25) is 4.57 Å². The molecule has 0 bridgehead atoms. The third-order valence-corrected chi connectivity index (χ3v) is 5.06. The summed E-state index contributed by atoms with van der Waals surface area (Å²) in [7, 11) is -4.43. The van der Waals surface area contributed by atoms with Gasteiger partial charge in [-0.25, -0.2) is 0 Å². The van der Waals surface area contributed by atoms with Crippen LogP contribution in [-0.4, -0.2) is 26.7 Å². The molecule has 25 heavy (non-hydrogen) atoms. The van der Waals surface area contributed by atoms with Crippen molar-refractivity contribution in [2.45, 2.75) is 79.0 Å². The maximum absolute atomic E-state index is 11.8. The van der Waals surface area contributed by atoms with Crippen molar-refractivity contribution in [3.05, 3.63) is 46.6 Å². The minimum atomic E-state index is -4.43. The van der Waals surface area contributed by atoms with Crippen molar-refractivity contribution in [1.29, 1.82) is 0 Å². The van der Waals surface area contributed by atoms with E-state index in [1.54, 1.807) is 6.08 Å². The molecule has 2 unspecified atom stereocenters. The number of hydrogen-bond acceptors (Lipinski definition) is 2. The first kappa shape index (κ1) is 24.1. The normalized spacial score (nSPS) is 15.6. The van der Waals surface area contributed by atoms with Gasteiger partial charge < -0.3 is 14.9 Å². The molecule has 0 rings (SSSR count). The van der Waals surface area contributed by atoms with E-state index in [1.165, 1.54) is 17.2 Å². The van der Waals surface area contributed by atoms with E-state index in [9.17, 15) is 19.5 Å². The average Bonchev–Trinajstić information content (AvgIpc) is 2.42. The highest BCUT2D eigenvalue weighted by molar-refractivity contribution is 7.52. The maximum Gasteiger partial charge on any atom is 0.335 e. The van der Waals surface area contributed by atoms with E-state index in [2.05, 4.69) is 12.2 Å². The van der Waals surface area contributed by atoms with E-state index in [4.69, 9.17) is 0 Å². The average molecular weight is 370 g/mol. The second-order valence-corrected chi connectivity index (χ2v) is 9.01. The first-order chi connectivity index (χ1) is 11.4. The van der Waals surface area contributed by atoms with Gasteiger partial charge in [-0.15, -0.1) is 0 Å². The van der Waals surface area contributed by atoms with E-state index < -0.39 is 19.4 Å². The lowest BCUT2D eigenvalue weighted by Crippen LogP contribution is -2.23. The number of hydrogen-bond donors (Lipinski definition) is 3. The fourth-order valence-electron chi connectivity index (χ4n) is 2.42. The number of allylic oxidation sites excluding steroid dienone is 6. The third kappa shape index (κ3) is 12.1. The predicted octanol–water partition coefficient (Wildman–Crippen LogP) is 5.28. The van der Waals surface area contributed by atoms with Gasteiger partial charge in [0.25, 0.3) is 0 Å². The van der Waals surface area contributed by atoms with Crippen molar-refractivity contribution in [3.8, 4) is 0 Å². The fourth-order valence-corrected chi connectivity index (χ4v) is 3.35. The summed E-state index contributed by atoms with van der Waals surface area (Å²) in [5, 5.41) is 10.3. The molecule has 0 fully saturated rings. The molecule has 144 valence electrons. The lowest BCUT2D eigenvalue weighted by atomic mass is 10.0. The van der Waals surface area contributed by atoms with Crippen LogP contribution in [0.2, 0.25) is 0 Å². The van der Waals surface area contributed by atoms with Crippen molar-refractivity contribution in [2.24, 2.45) is 0 Å². The largest absolute Gasteiger partial charge is 0.388 e. The number of aliphatic hydroxyl groups excluding tert-OH is 1. The minimum absolute atomic E-state index is 0.720. The first-order valence-electron chi connectivity index (χ1n) is 8.78. The van der Waals surface area contributed by atoms with Gasteiger partial charge >= 0.3 is 7.60 Å². The van der Waals surface area contributed by atoms with Crippen molar-refractivity contribution in [2.75, 3.05) is 0 Å². The standard InChI is InChI=1S/C20H35O4P/c1-15(2)9-7-11-17(5)13-19(21)20(25(22,23)24)14-18(6)12-8-10-16(3)4/h9-10,13-14,19-21H,7-8,11-12H2,1-6H3,(H2,22,23,24)/b17-13+,18-14+. The molecular weight excluding hydrogens is 335 g/mol. The molecule has 0 aliphatic heterocycles. The summed E-state index contributed by atoms with van der Waals surface area (Å²) in [6.07, 6.45) is 9.28. The van der Waals surface area contributed by atoms with Crippen LogP contribution in [0.3, 0.4) is 0 Å². The molecule has 5 heteroatoms. The van der Waals surface area contributed by atoms with Crippen molar-refractivity contribution in [1.82, 2.24) is 0 Å². The molecule has 4 nitrogen and oxygen atoms in total. The summed E-state index contributed by atoms with van der Waals surface area (Å²) in [4.78, 5) is 19.3. The molecule has 0 aromatic carbocycles. The number of aliphatic hydroxyl groups is 1. The second-order valence-electron chi connectivity index (χ2n) is 7.24. The Bertz CT molecular complexity index is 571. The monoisotopic (exact) mass is 370 g/mol. The summed E-state index contributed by atoms with van der Waals surface area (Å²) in [6.45, 7) is 11.8. The van der Waals surface area contributed by atoms with Gasteiger partial charge in [0.1, 0.15) is 5.66 Å². The van der Waals surface area contributed by atoms with E-state index in [0.29, 0.717) is 0 Å². The molecule has 0 radical (unpaired) electrons.